The van der Waals surface area contributed by atoms with Gasteiger partial charge in [0.2, 0.25) is 0 Å². The number of benzene rings is 3. The van der Waals surface area contributed by atoms with Crippen molar-refractivity contribution in [3.05, 3.63) is 48.5 Å². The monoisotopic (exact) mass is 542 g/mol. The van der Waals surface area contributed by atoms with Crippen molar-refractivity contribution in [3.63, 3.8) is 0 Å². The molecule has 10 nitrogen and oxygen atoms in total. The Morgan fingerprint density at radius 1 is 0.675 bits per heavy atom. The summed E-state index contributed by atoms with van der Waals surface area (Å²) in [6.07, 6.45) is 0. The van der Waals surface area contributed by atoms with Crippen LogP contribution in [-0.2, 0) is 22.7 Å². The fourth-order valence-corrected chi connectivity index (χ4v) is 4.91. The molecule has 5 rings (SSSR count). The number of hydrogen-bond acceptors (Lipinski definition) is 8. The van der Waals surface area contributed by atoms with Crippen LogP contribution in [0.5, 0.6) is 23.0 Å². The molecule has 0 radical (unpaired) electrons. The number of nitrogens with zero attached hydrogens (tertiary/aromatic N) is 4. The van der Waals surface area contributed by atoms with E-state index in [4.69, 9.17) is 28.9 Å². The standard InChI is InChI=1S/C30H30N4O6/c1-7-33-25-12-10-19(37-5)13-24(25)32-30(33)22-16-27(39-17(3)35)21(15-28(22)40-18(4)36)29-31-23-11-9-20(38-6)14-26(23)34(29)8-2/h9-16H,7-8H2,1-6H3. The maximum Gasteiger partial charge on any atom is 0.308 e. The number of aryl methyl sites for hydroxylation is 2. The normalized spacial score (nSPS) is 11.2. The maximum absolute atomic E-state index is 12.3. The van der Waals surface area contributed by atoms with Crippen molar-refractivity contribution in [3.8, 4) is 45.8 Å². The summed E-state index contributed by atoms with van der Waals surface area (Å²) >= 11 is 0. The number of fused-ring (bicyclic) bond motifs is 2. The summed E-state index contributed by atoms with van der Waals surface area (Å²) < 4.78 is 26.3. The van der Waals surface area contributed by atoms with E-state index in [1.807, 2.05) is 59.4 Å². The summed E-state index contributed by atoms with van der Waals surface area (Å²) in [6, 6.07) is 14.6. The van der Waals surface area contributed by atoms with Crippen LogP contribution >= 0.6 is 0 Å². The average Bonchev–Trinajstić information content (AvgIpc) is 3.49. The Morgan fingerprint density at radius 3 is 1.70 bits per heavy atom. The first-order valence-corrected chi connectivity index (χ1v) is 12.9. The molecule has 10 heteroatoms. The Labute approximate surface area is 231 Å². The second-order valence-electron chi connectivity index (χ2n) is 9.10. The molecule has 40 heavy (non-hydrogen) atoms. The molecule has 0 spiro atoms. The highest BCUT2D eigenvalue weighted by molar-refractivity contribution is 5.89. The highest BCUT2D eigenvalue weighted by atomic mass is 16.5. The summed E-state index contributed by atoms with van der Waals surface area (Å²) in [5, 5.41) is 0. The van der Waals surface area contributed by atoms with Gasteiger partial charge in [-0.25, -0.2) is 9.97 Å². The van der Waals surface area contributed by atoms with Crippen LogP contribution in [0.4, 0.5) is 0 Å². The summed E-state index contributed by atoms with van der Waals surface area (Å²) in [4.78, 5) is 34.2. The number of carbonyl (C=O) groups excluding carboxylic acids is 2. The average molecular weight is 543 g/mol. The van der Waals surface area contributed by atoms with Gasteiger partial charge in [-0.3, -0.25) is 9.59 Å². The summed E-state index contributed by atoms with van der Waals surface area (Å²) in [5.41, 5.74) is 4.18. The molecule has 2 heterocycles. The molecule has 0 saturated heterocycles. The zero-order valence-corrected chi connectivity index (χ0v) is 23.3. The van der Waals surface area contributed by atoms with Gasteiger partial charge in [0.05, 0.1) is 47.4 Å². The van der Waals surface area contributed by atoms with E-state index >= 15 is 0 Å². The predicted molar refractivity (Wildman–Crippen MR) is 151 cm³/mol. The minimum Gasteiger partial charge on any atom is -0.497 e. The van der Waals surface area contributed by atoms with E-state index in [-0.39, 0.29) is 11.5 Å². The number of aromatic nitrogens is 4. The van der Waals surface area contributed by atoms with Crippen molar-refractivity contribution in [2.75, 3.05) is 14.2 Å². The quantitative estimate of drug-likeness (QED) is 0.184. The van der Waals surface area contributed by atoms with E-state index in [0.717, 1.165) is 16.6 Å². The molecule has 0 N–H and O–H groups in total. The molecule has 5 aromatic rings. The molecule has 2 aromatic heterocycles. The summed E-state index contributed by atoms with van der Waals surface area (Å²) in [5.74, 6) is 2.01. The molecule has 3 aromatic carbocycles. The zero-order chi connectivity index (χ0) is 28.6. The van der Waals surface area contributed by atoms with Crippen LogP contribution < -0.4 is 18.9 Å². The number of rotatable bonds is 8. The second kappa shape index (κ2) is 10.7. The van der Waals surface area contributed by atoms with Gasteiger partial charge in [-0.2, -0.15) is 0 Å². The van der Waals surface area contributed by atoms with Crippen LogP contribution in [-0.4, -0.2) is 45.3 Å². The first-order valence-electron chi connectivity index (χ1n) is 12.9. The number of esters is 2. The fourth-order valence-electron chi connectivity index (χ4n) is 4.91. The van der Waals surface area contributed by atoms with Gasteiger partial charge < -0.3 is 28.1 Å². The predicted octanol–water partition coefficient (Wildman–Crippen LogP) is 5.63. The largest absolute Gasteiger partial charge is 0.497 e. The first kappa shape index (κ1) is 26.7. The number of carbonyl (C=O) groups is 2. The molecular weight excluding hydrogens is 512 g/mol. The Morgan fingerprint density at radius 2 is 1.18 bits per heavy atom. The zero-order valence-electron chi connectivity index (χ0n) is 23.3. The first-order chi connectivity index (χ1) is 19.3. The van der Waals surface area contributed by atoms with Gasteiger partial charge in [0.15, 0.2) is 0 Å². The molecule has 0 fully saturated rings. The van der Waals surface area contributed by atoms with Crippen molar-refractivity contribution >= 4 is 34.0 Å². The number of methoxy groups -OCH3 is 2. The molecule has 0 saturated carbocycles. The molecule has 0 amide bonds. The van der Waals surface area contributed by atoms with Gasteiger partial charge in [-0.15, -0.1) is 0 Å². The Kier molecular flexibility index (Phi) is 7.17. The van der Waals surface area contributed by atoms with Crippen molar-refractivity contribution in [1.29, 1.82) is 0 Å². The van der Waals surface area contributed by atoms with Crippen molar-refractivity contribution in [1.82, 2.24) is 19.1 Å². The van der Waals surface area contributed by atoms with Crippen molar-refractivity contribution < 1.29 is 28.5 Å². The molecule has 0 aliphatic rings. The molecule has 0 atom stereocenters. The molecule has 0 aliphatic heterocycles. The van der Waals surface area contributed by atoms with Gasteiger partial charge in [0, 0.05) is 39.1 Å². The topological polar surface area (TPSA) is 107 Å². The molecule has 206 valence electrons. The molecule has 0 bridgehead atoms. The molecule has 0 aliphatic carbocycles. The van der Waals surface area contributed by atoms with Crippen LogP contribution in [0.2, 0.25) is 0 Å². The van der Waals surface area contributed by atoms with Gasteiger partial charge in [-0.05, 0) is 50.2 Å². The van der Waals surface area contributed by atoms with Gasteiger partial charge >= 0.3 is 11.9 Å². The molecular formula is C30H30N4O6. The van der Waals surface area contributed by atoms with E-state index in [1.165, 1.54) is 13.8 Å². The smallest absolute Gasteiger partial charge is 0.308 e. The van der Waals surface area contributed by atoms with Crippen LogP contribution in [0, 0.1) is 0 Å². The number of imidazole rings is 2. The number of ether oxygens (including phenoxy) is 4. The fraction of sp³-hybridized carbons (Fsp3) is 0.267. The van der Waals surface area contributed by atoms with E-state index < -0.39 is 11.9 Å². The molecule has 0 unspecified atom stereocenters. The van der Waals surface area contributed by atoms with Gasteiger partial charge in [0.25, 0.3) is 0 Å². The minimum absolute atomic E-state index is 0.266. The van der Waals surface area contributed by atoms with Crippen molar-refractivity contribution in [2.45, 2.75) is 40.8 Å². The maximum atomic E-state index is 12.3. The lowest BCUT2D eigenvalue weighted by atomic mass is 10.1. The Hall–Kier alpha value is -4.86. The SMILES string of the molecule is CCn1c(-c2cc(OC(C)=O)c(-c3nc4ccc(OC)cc4n3CC)cc2OC(C)=O)nc2cc(OC)ccc21. The van der Waals surface area contributed by atoms with Gasteiger partial charge in [0.1, 0.15) is 34.6 Å². The number of hydrogen-bond donors (Lipinski definition) is 0. The van der Waals surface area contributed by atoms with E-state index in [1.54, 1.807) is 26.4 Å². The van der Waals surface area contributed by atoms with Crippen LogP contribution in [0.25, 0.3) is 44.8 Å². The highest BCUT2D eigenvalue weighted by Crippen LogP contribution is 2.42. The van der Waals surface area contributed by atoms with Crippen molar-refractivity contribution in [2.24, 2.45) is 0 Å². The van der Waals surface area contributed by atoms with Crippen LogP contribution in [0.15, 0.2) is 48.5 Å². The van der Waals surface area contributed by atoms with Crippen LogP contribution in [0.3, 0.4) is 0 Å². The van der Waals surface area contributed by atoms with E-state index in [2.05, 4.69) is 0 Å². The van der Waals surface area contributed by atoms with Crippen LogP contribution in [0.1, 0.15) is 27.7 Å². The lowest BCUT2D eigenvalue weighted by Crippen LogP contribution is -2.09. The third kappa shape index (κ3) is 4.72. The van der Waals surface area contributed by atoms with E-state index in [0.29, 0.717) is 52.9 Å². The lowest BCUT2D eigenvalue weighted by molar-refractivity contribution is -0.133. The Bertz CT molecular complexity index is 1730. The third-order valence-electron chi connectivity index (χ3n) is 6.61. The lowest BCUT2D eigenvalue weighted by Gasteiger charge is -2.16. The van der Waals surface area contributed by atoms with E-state index in [9.17, 15) is 9.59 Å². The van der Waals surface area contributed by atoms with Gasteiger partial charge in [-0.1, -0.05) is 0 Å². The summed E-state index contributed by atoms with van der Waals surface area (Å²) in [6.45, 7) is 7.84. The Balaban J connectivity index is 1.81. The minimum atomic E-state index is -0.498. The second-order valence-corrected chi connectivity index (χ2v) is 9.10. The highest BCUT2D eigenvalue weighted by Gasteiger charge is 2.25. The summed E-state index contributed by atoms with van der Waals surface area (Å²) in [7, 11) is 3.21. The third-order valence-corrected chi connectivity index (χ3v) is 6.61.